The van der Waals surface area contributed by atoms with Crippen molar-refractivity contribution >= 4 is 0 Å². The topological polar surface area (TPSA) is 45.2 Å². The molecule has 0 aliphatic rings. The first-order valence-corrected chi connectivity index (χ1v) is 9.06. The van der Waals surface area contributed by atoms with Crippen LogP contribution >= 0.6 is 0 Å². The van der Waals surface area contributed by atoms with Gasteiger partial charge in [0.15, 0.2) is 0 Å². The molecule has 1 aromatic heterocycles. The largest absolute Gasteiger partial charge is 0.507 e. The van der Waals surface area contributed by atoms with Gasteiger partial charge in [0.2, 0.25) is 0 Å². The molecule has 0 aliphatic carbocycles. The van der Waals surface area contributed by atoms with Gasteiger partial charge in [-0.3, -0.25) is 4.98 Å². The van der Waals surface area contributed by atoms with Gasteiger partial charge < -0.3 is 10.4 Å². The number of hydrogen-bond acceptors (Lipinski definition) is 3. The van der Waals surface area contributed by atoms with E-state index in [1.807, 2.05) is 12.1 Å². The van der Waals surface area contributed by atoms with Gasteiger partial charge in [-0.15, -0.1) is 0 Å². The molecule has 1 atom stereocenters. The number of phenols is 1. The summed E-state index contributed by atoms with van der Waals surface area (Å²) in [4.78, 5) is 3.52. The second kappa shape index (κ2) is 7.89. The van der Waals surface area contributed by atoms with Gasteiger partial charge in [-0.25, -0.2) is 0 Å². The van der Waals surface area contributed by atoms with Crippen molar-refractivity contribution in [2.75, 3.05) is 0 Å². The van der Waals surface area contributed by atoms with Gasteiger partial charge in [-0.2, -0.15) is 13.2 Å². The zero-order valence-electron chi connectivity index (χ0n) is 16.4. The van der Waals surface area contributed by atoms with E-state index in [0.29, 0.717) is 23.7 Å². The molecular formula is C21H27F3N2O. The van der Waals surface area contributed by atoms with Gasteiger partial charge in [-0.1, -0.05) is 39.8 Å². The van der Waals surface area contributed by atoms with Crippen LogP contribution in [0.5, 0.6) is 5.75 Å². The Kier molecular flexibility index (Phi) is 6.20. The maximum atomic E-state index is 12.8. The Labute approximate surface area is 158 Å². The predicted molar refractivity (Wildman–Crippen MR) is 102 cm³/mol. The van der Waals surface area contributed by atoms with E-state index in [2.05, 4.69) is 44.9 Å². The molecule has 1 heterocycles. The highest BCUT2D eigenvalue weighted by molar-refractivity contribution is 5.72. The van der Waals surface area contributed by atoms with Crippen LogP contribution < -0.4 is 5.32 Å². The van der Waals surface area contributed by atoms with Crippen molar-refractivity contribution in [2.24, 2.45) is 0 Å². The quantitative estimate of drug-likeness (QED) is 0.704. The molecule has 1 unspecified atom stereocenters. The number of phenolic OH excluding ortho intramolecular Hbond substituents is 1. The van der Waals surface area contributed by atoms with E-state index in [4.69, 9.17) is 0 Å². The van der Waals surface area contributed by atoms with Crippen molar-refractivity contribution in [3.05, 3.63) is 47.3 Å². The van der Waals surface area contributed by atoms with E-state index in [1.165, 1.54) is 6.07 Å². The van der Waals surface area contributed by atoms with E-state index in [-0.39, 0.29) is 11.2 Å². The van der Waals surface area contributed by atoms with Crippen LogP contribution in [0.25, 0.3) is 11.1 Å². The van der Waals surface area contributed by atoms with Gasteiger partial charge in [0, 0.05) is 35.5 Å². The summed E-state index contributed by atoms with van der Waals surface area (Å²) in [5.74, 6) is 0.0698. The van der Waals surface area contributed by atoms with Crippen molar-refractivity contribution < 1.29 is 18.3 Å². The predicted octanol–water partition coefficient (Wildman–Crippen LogP) is 5.66. The van der Waals surface area contributed by atoms with E-state index >= 15 is 0 Å². The molecule has 0 radical (unpaired) electrons. The maximum Gasteiger partial charge on any atom is 0.433 e. The fraction of sp³-hybridized carbons (Fsp3) is 0.476. The van der Waals surface area contributed by atoms with Gasteiger partial charge in [-0.05, 0) is 36.5 Å². The van der Waals surface area contributed by atoms with Crippen LogP contribution in [0.15, 0.2) is 30.5 Å². The van der Waals surface area contributed by atoms with E-state index in [1.54, 1.807) is 0 Å². The minimum absolute atomic E-state index is 0.0698. The van der Waals surface area contributed by atoms with Crippen molar-refractivity contribution in [1.29, 1.82) is 0 Å². The molecule has 2 rings (SSSR count). The van der Waals surface area contributed by atoms with Crippen molar-refractivity contribution in [1.82, 2.24) is 10.3 Å². The van der Waals surface area contributed by atoms with Crippen LogP contribution in [0.4, 0.5) is 13.2 Å². The fourth-order valence-corrected chi connectivity index (χ4v) is 2.63. The molecule has 2 N–H and O–H groups in total. The zero-order valence-corrected chi connectivity index (χ0v) is 16.4. The monoisotopic (exact) mass is 380 g/mol. The number of nitrogens with one attached hydrogen (secondary N) is 1. The zero-order chi connectivity index (χ0) is 20.4. The number of nitrogens with zero attached hydrogens (tertiary/aromatic N) is 1. The first kappa shape index (κ1) is 21.2. The van der Waals surface area contributed by atoms with Crippen molar-refractivity contribution in [3.63, 3.8) is 0 Å². The molecule has 148 valence electrons. The molecule has 0 saturated heterocycles. The number of pyridine rings is 1. The first-order chi connectivity index (χ1) is 12.4. The van der Waals surface area contributed by atoms with Crippen LogP contribution in [0, 0.1) is 0 Å². The van der Waals surface area contributed by atoms with Gasteiger partial charge >= 0.3 is 6.18 Å². The highest BCUT2D eigenvalue weighted by atomic mass is 19.4. The molecule has 0 bridgehead atoms. The standard InChI is InChI=1S/C21H27F3N2O/c1-6-13(2)25-12-15-9-16(20(3,4)5)10-17(19(15)27)14-7-8-18(26-11-14)21(22,23)24/h7-11,13,25,27H,6,12H2,1-5H3. The third kappa shape index (κ3) is 5.22. The third-order valence-corrected chi connectivity index (χ3v) is 4.67. The average molecular weight is 380 g/mol. The summed E-state index contributed by atoms with van der Waals surface area (Å²) in [5, 5.41) is 14.1. The molecule has 0 saturated carbocycles. The summed E-state index contributed by atoms with van der Waals surface area (Å²) in [6.07, 6.45) is -2.37. The molecule has 0 spiro atoms. The summed E-state index contributed by atoms with van der Waals surface area (Å²) in [5.41, 5.74) is 1.54. The highest BCUT2D eigenvalue weighted by Crippen LogP contribution is 2.38. The number of alkyl halides is 3. The Bertz CT molecular complexity index is 778. The van der Waals surface area contributed by atoms with E-state index in [0.717, 1.165) is 29.8 Å². The normalized spacial score (nSPS) is 13.6. The molecule has 2 aromatic rings. The number of hydrogen-bond donors (Lipinski definition) is 2. The Morgan fingerprint density at radius 1 is 1.15 bits per heavy atom. The number of aromatic hydroxyl groups is 1. The Hall–Kier alpha value is -2.08. The number of aromatic nitrogens is 1. The number of halogens is 3. The van der Waals surface area contributed by atoms with Crippen molar-refractivity contribution in [2.45, 2.75) is 65.2 Å². The lowest BCUT2D eigenvalue weighted by atomic mass is 9.83. The lowest BCUT2D eigenvalue weighted by Gasteiger charge is -2.23. The average Bonchev–Trinajstić information content (AvgIpc) is 2.59. The van der Waals surface area contributed by atoms with Crippen LogP contribution in [-0.4, -0.2) is 16.1 Å². The molecule has 3 nitrogen and oxygen atoms in total. The summed E-state index contributed by atoms with van der Waals surface area (Å²) < 4.78 is 38.3. The van der Waals surface area contributed by atoms with E-state index in [9.17, 15) is 18.3 Å². The molecular weight excluding hydrogens is 353 g/mol. The minimum atomic E-state index is -4.49. The lowest BCUT2D eigenvalue weighted by Crippen LogP contribution is -2.25. The summed E-state index contributed by atoms with van der Waals surface area (Å²) >= 11 is 0. The molecule has 6 heteroatoms. The molecule has 0 amide bonds. The summed E-state index contributed by atoms with van der Waals surface area (Å²) in [6, 6.07) is 6.36. The second-order valence-electron chi connectivity index (χ2n) is 7.90. The fourth-order valence-electron chi connectivity index (χ4n) is 2.63. The molecule has 27 heavy (non-hydrogen) atoms. The molecule has 1 aromatic carbocycles. The van der Waals surface area contributed by atoms with Crippen LogP contribution in [0.3, 0.4) is 0 Å². The van der Waals surface area contributed by atoms with Crippen molar-refractivity contribution in [3.8, 4) is 16.9 Å². The Morgan fingerprint density at radius 2 is 1.81 bits per heavy atom. The Balaban J connectivity index is 2.51. The summed E-state index contributed by atoms with van der Waals surface area (Å²) in [7, 11) is 0. The maximum absolute atomic E-state index is 12.8. The Morgan fingerprint density at radius 3 is 2.30 bits per heavy atom. The van der Waals surface area contributed by atoms with Crippen LogP contribution in [0.1, 0.15) is 57.9 Å². The summed E-state index contributed by atoms with van der Waals surface area (Å²) in [6.45, 7) is 10.8. The second-order valence-corrected chi connectivity index (χ2v) is 7.90. The third-order valence-electron chi connectivity index (χ3n) is 4.67. The van der Waals surface area contributed by atoms with Gasteiger partial charge in [0.1, 0.15) is 11.4 Å². The SMILES string of the molecule is CCC(C)NCc1cc(C(C)(C)C)cc(-c2ccc(C(F)(F)F)nc2)c1O. The van der Waals surface area contributed by atoms with E-state index < -0.39 is 11.9 Å². The van der Waals surface area contributed by atoms with Crippen LogP contribution in [0.2, 0.25) is 0 Å². The highest BCUT2D eigenvalue weighted by Gasteiger charge is 2.32. The van der Waals surface area contributed by atoms with Gasteiger partial charge in [0.25, 0.3) is 0 Å². The lowest BCUT2D eigenvalue weighted by molar-refractivity contribution is -0.141. The number of benzene rings is 1. The van der Waals surface area contributed by atoms with Crippen LogP contribution in [-0.2, 0) is 18.1 Å². The molecule has 0 fully saturated rings. The number of rotatable bonds is 5. The first-order valence-electron chi connectivity index (χ1n) is 9.06. The van der Waals surface area contributed by atoms with Gasteiger partial charge in [0.05, 0.1) is 0 Å². The minimum Gasteiger partial charge on any atom is -0.507 e. The smallest absolute Gasteiger partial charge is 0.433 e. The molecule has 0 aliphatic heterocycles.